The highest BCUT2D eigenvalue weighted by atomic mass is 16.3. The van der Waals surface area contributed by atoms with Gasteiger partial charge in [0.1, 0.15) is 12.1 Å². The summed E-state index contributed by atoms with van der Waals surface area (Å²) in [7, 11) is 0. The van der Waals surface area contributed by atoms with Gasteiger partial charge in [-0.3, -0.25) is 0 Å². The van der Waals surface area contributed by atoms with Crippen molar-refractivity contribution in [3.05, 3.63) is 42.4 Å². The molecular formula is C26H30N6O. The van der Waals surface area contributed by atoms with Gasteiger partial charge in [-0.1, -0.05) is 12.1 Å². The maximum atomic E-state index is 10.6. The third-order valence-corrected chi connectivity index (χ3v) is 8.46. The Morgan fingerprint density at radius 2 is 1.91 bits per heavy atom. The quantitative estimate of drug-likeness (QED) is 0.653. The van der Waals surface area contributed by atoms with Crippen LogP contribution in [0.4, 0.5) is 5.82 Å². The molecule has 0 unspecified atom stereocenters. The monoisotopic (exact) mass is 442 g/mol. The number of hydrogen-bond donors (Lipinski definition) is 1. The fourth-order valence-electron chi connectivity index (χ4n) is 6.42. The van der Waals surface area contributed by atoms with Crippen molar-refractivity contribution in [1.29, 1.82) is 5.26 Å². The molecule has 1 spiro atoms. The van der Waals surface area contributed by atoms with Crippen molar-refractivity contribution >= 4 is 16.7 Å². The molecule has 2 saturated carbocycles. The van der Waals surface area contributed by atoms with Gasteiger partial charge in [-0.15, -0.1) is 0 Å². The molecule has 33 heavy (non-hydrogen) atoms. The number of aromatic nitrogens is 4. The van der Waals surface area contributed by atoms with Gasteiger partial charge in [0.05, 0.1) is 28.8 Å². The van der Waals surface area contributed by atoms with E-state index in [9.17, 15) is 10.4 Å². The van der Waals surface area contributed by atoms with Crippen molar-refractivity contribution < 1.29 is 5.11 Å². The van der Waals surface area contributed by atoms with Crippen LogP contribution in [-0.2, 0) is 5.41 Å². The van der Waals surface area contributed by atoms with Crippen molar-refractivity contribution in [2.45, 2.75) is 69.9 Å². The van der Waals surface area contributed by atoms with E-state index < -0.39 is 5.60 Å². The molecule has 2 aromatic heterocycles. The van der Waals surface area contributed by atoms with Crippen LogP contribution in [0.25, 0.3) is 16.7 Å². The van der Waals surface area contributed by atoms with Crippen molar-refractivity contribution in [3.63, 3.8) is 0 Å². The van der Waals surface area contributed by atoms with E-state index in [2.05, 4.69) is 51.2 Å². The molecule has 3 fully saturated rings. The van der Waals surface area contributed by atoms with Crippen LogP contribution in [-0.4, -0.2) is 43.0 Å². The smallest absolute Gasteiger partial charge is 0.159 e. The molecule has 2 aliphatic carbocycles. The highest BCUT2D eigenvalue weighted by Gasteiger charge is 2.62. The van der Waals surface area contributed by atoms with Gasteiger partial charge in [0.15, 0.2) is 5.82 Å². The first-order chi connectivity index (χ1) is 15.7. The minimum absolute atomic E-state index is 0.178. The lowest BCUT2D eigenvalue weighted by Crippen LogP contribution is -2.41. The molecule has 1 saturated heterocycles. The lowest BCUT2D eigenvalue weighted by Gasteiger charge is -2.44. The molecular weight excluding hydrogens is 412 g/mol. The third-order valence-electron chi connectivity index (χ3n) is 8.46. The minimum Gasteiger partial charge on any atom is -0.390 e. The van der Waals surface area contributed by atoms with E-state index in [0.717, 1.165) is 48.1 Å². The second-order valence-corrected chi connectivity index (χ2v) is 11.1. The summed E-state index contributed by atoms with van der Waals surface area (Å²) in [6, 6.07) is 11.1. The highest BCUT2D eigenvalue weighted by molar-refractivity contribution is 5.81. The Balaban J connectivity index is 1.35. The zero-order valence-electron chi connectivity index (χ0n) is 19.5. The molecule has 2 atom stereocenters. The summed E-state index contributed by atoms with van der Waals surface area (Å²) >= 11 is 0. The summed E-state index contributed by atoms with van der Waals surface area (Å²) in [6.07, 6.45) is 8.85. The van der Waals surface area contributed by atoms with Gasteiger partial charge in [-0.05, 0) is 69.9 Å². The number of rotatable bonds is 4. The van der Waals surface area contributed by atoms with Crippen LogP contribution < -0.4 is 4.90 Å². The van der Waals surface area contributed by atoms with E-state index in [4.69, 9.17) is 0 Å². The SMILES string of the molecule is C[C@@H]1[C@@H](C(C)(C)O)CCN1c1cc(-n2ncc3ccc(C4(C#N)CC5(CC5)C4)cc32)ncn1. The van der Waals surface area contributed by atoms with E-state index in [0.29, 0.717) is 11.2 Å². The Morgan fingerprint density at radius 3 is 2.58 bits per heavy atom. The van der Waals surface area contributed by atoms with E-state index in [1.165, 1.54) is 12.8 Å². The summed E-state index contributed by atoms with van der Waals surface area (Å²) in [5.41, 5.74) is 1.41. The van der Waals surface area contributed by atoms with Crippen LogP contribution >= 0.6 is 0 Å². The molecule has 170 valence electrons. The number of nitriles is 1. The summed E-state index contributed by atoms with van der Waals surface area (Å²) < 4.78 is 1.86. The summed E-state index contributed by atoms with van der Waals surface area (Å²) in [4.78, 5) is 11.3. The van der Waals surface area contributed by atoms with Gasteiger partial charge in [0.25, 0.3) is 0 Å². The Hall–Kier alpha value is -2.98. The molecule has 1 aliphatic heterocycles. The molecule has 7 nitrogen and oxygen atoms in total. The van der Waals surface area contributed by atoms with Crippen molar-refractivity contribution in [1.82, 2.24) is 19.7 Å². The van der Waals surface area contributed by atoms with Gasteiger partial charge in [0.2, 0.25) is 0 Å². The normalized spacial score (nSPS) is 25.2. The summed E-state index contributed by atoms with van der Waals surface area (Å²) in [5.74, 6) is 1.75. The number of nitrogens with zero attached hydrogens (tertiary/aromatic N) is 6. The van der Waals surface area contributed by atoms with Gasteiger partial charge in [-0.2, -0.15) is 10.4 Å². The number of aliphatic hydroxyl groups is 1. The molecule has 3 heterocycles. The first-order valence-corrected chi connectivity index (χ1v) is 11.9. The van der Waals surface area contributed by atoms with Crippen LogP contribution in [0.2, 0.25) is 0 Å². The first-order valence-electron chi connectivity index (χ1n) is 11.9. The Bertz CT molecular complexity index is 1270. The minimum atomic E-state index is -0.726. The van der Waals surface area contributed by atoms with Crippen LogP contribution in [0.1, 0.15) is 58.4 Å². The van der Waals surface area contributed by atoms with Crippen LogP contribution in [0, 0.1) is 22.7 Å². The molecule has 1 aromatic carbocycles. The highest BCUT2D eigenvalue weighted by Crippen LogP contribution is 2.68. The van der Waals surface area contributed by atoms with Gasteiger partial charge in [-0.25, -0.2) is 14.6 Å². The zero-order chi connectivity index (χ0) is 23.0. The topological polar surface area (TPSA) is 90.9 Å². The molecule has 3 aromatic rings. The number of hydrogen-bond acceptors (Lipinski definition) is 6. The first kappa shape index (κ1) is 20.6. The second kappa shape index (κ2) is 6.77. The standard InChI is InChI=1S/C26H30N6O/c1-17-20(24(2,3)33)6-9-31(17)22-11-23(29-16-28-22)32-21-10-19(5-4-18(21)12-30-32)26(15-27)13-25(14-26)7-8-25/h4-5,10-12,16-17,20,33H,6-9,13-14H2,1-3H3/t17-,20+/m1/s1. The summed E-state index contributed by atoms with van der Waals surface area (Å²) in [6.45, 7) is 6.78. The van der Waals surface area contributed by atoms with Gasteiger partial charge in [0, 0.05) is 30.0 Å². The zero-order valence-corrected chi connectivity index (χ0v) is 19.5. The molecule has 7 heteroatoms. The Morgan fingerprint density at radius 1 is 1.15 bits per heavy atom. The molecule has 0 bridgehead atoms. The predicted molar refractivity (Wildman–Crippen MR) is 126 cm³/mol. The Kier molecular flexibility index (Phi) is 4.23. The van der Waals surface area contributed by atoms with Crippen LogP contribution in [0.5, 0.6) is 0 Å². The maximum Gasteiger partial charge on any atom is 0.159 e. The molecule has 1 N–H and O–H groups in total. The fourth-order valence-corrected chi connectivity index (χ4v) is 6.42. The lowest BCUT2D eigenvalue weighted by atomic mass is 9.57. The average molecular weight is 443 g/mol. The average Bonchev–Trinajstić information content (AvgIpc) is 3.27. The van der Waals surface area contributed by atoms with Gasteiger partial charge < -0.3 is 10.0 Å². The van der Waals surface area contributed by atoms with E-state index in [-0.39, 0.29) is 17.4 Å². The van der Waals surface area contributed by atoms with Crippen molar-refractivity contribution in [3.8, 4) is 11.9 Å². The van der Waals surface area contributed by atoms with Gasteiger partial charge >= 0.3 is 0 Å². The summed E-state index contributed by atoms with van der Waals surface area (Å²) in [5, 5.41) is 26.2. The Labute approximate surface area is 194 Å². The van der Waals surface area contributed by atoms with E-state index >= 15 is 0 Å². The van der Waals surface area contributed by atoms with E-state index in [1.807, 2.05) is 30.8 Å². The fraction of sp³-hybridized carbons (Fsp3) is 0.538. The van der Waals surface area contributed by atoms with Crippen LogP contribution in [0.15, 0.2) is 36.8 Å². The number of anilines is 1. The van der Waals surface area contributed by atoms with E-state index in [1.54, 1.807) is 6.33 Å². The number of fused-ring (bicyclic) bond motifs is 1. The van der Waals surface area contributed by atoms with Crippen LogP contribution in [0.3, 0.4) is 0 Å². The van der Waals surface area contributed by atoms with Crippen molar-refractivity contribution in [2.75, 3.05) is 11.4 Å². The second-order valence-electron chi connectivity index (χ2n) is 11.1. The number of benzene rings is 1. The molecule has 3 aliphatic rings. The molecule has 0 amide bonds. The predicted octanol–water partition coefficient (Wildman–Crippen LogP) is 4.14. The lowest BCUT2D eigenvalue weighted by molar-refractivity contribution is 0.0156. The van der Waals surface area contributed by atoms with Crippen molar-refractivity contribution in [2.24, 2.45) is 11.3 Å². The largest absolute Gasteiger partial charge is 0.390 e. The third kappa shape index (κ3) is 3.15. The molecule has 6 rings (SSSR count). The maximum absolute atomic E-state index is 10.6. The molecule has 0 radical (unpaired) electrons.